The molecule has 2 aromatic carbocycles. The Morgan fingerprint density at radius 3 is 2.41 bits per heavy atom. The van der Waals surface area contributed by atoms with Crippen LogP contribution in [-0.2, 0) is 27.6 Å². The molecule has 0 bridgehead atoms. The van der Waals surface area contributed by atoms with E-state index in [4.69, 9.17) is 0 Å². The quantitative estimate of drug-likeness (QED) is 0.397. The highest BCUT2D eigenvalue weighted by Crippen LogP contribution is 2.30. The van der Waals surface area contributed by atoms with E-state index in [9.17, 15) is 13.2 Å². The summed E-state index contributed by atoms with van der Waals surface area (Å²) >= 11 is 1.47. The number of sulfone groups is 1. The average molecular weight is 466 g/mol. The molecule has 0 aliphatic rings. The fourth-order valence-electron chi connectivity index (χ4n) is 3.25. The van der Waals surface area contributed by atoms with Gasteiger partial charge in [-0.2, -0.15) is 0 Å². The van der Waals surface area contributed by atoms with Crippen molar-refractivity contribution in [2.45, 2.75) is 37.0 Å². The lowest BCUT2D eigenvalue weighted by molar-refractivity contribution is -0.118. The van der Waals surface area contributed by atoms with Crippen molar-refractivity contribution in [3.63, 3.8) is 0 Å². The van der Waals surface area contributed by atoms with Gasteiger partial charge in [-0.15, -0.1) is 0 Å². The molecule has 0 N–H and O–H groups in total. The molecule has 0 fully saturated rings. The van der Waals surface area contributed by atoms with Gasteiger partial charge in [0.15, 0.2) is 15.0 Å². The number of nitrogens with zero attached hydrogens (tertiary/aromatic N) is 3. The number of amides is 1. The molecular formula is C24H23N3O3S2. The fraction of sp³-hybridized carbons (Fsp3) is 0.208. The number of hydrogen-bond donors (Lipinski definition) is 0. The van der Waals surface area contributed by atoms with Gasteiger partial charge in [-0.05, 0) is 55.3 Å². The molecule has 4 rings (SSSR count). The first-order chi connectivity index (χ1) is 15.3. The first-order valence-corrected chi connectivity index (χ1v) is 12.6. The van der Waals surface area contributed by atoms with Crippen LogP contribution >= 0.6 is 11.3 Å². The van der Waals surface area contributed by atoms with Crippen LogP contribution < -0.4 is 4.90 Å². The summed E-state index contributed by atoms with van der Waals surface area (Å²) in [7, 11) is -3.35. The van der Waals surface area contributed by atoms with Crippen LogP contribution in [0.4, 0.5) is 5.13 Å². The van der Waals surface area contributed by atoms with Crippen molar-refractivity contribution >= 4 is 42.4 Å². The van der Waals surface area contributed by atoms with Gasteiger partial charge in [0.05, 0.1) is 33.3 Å². The minimum atomic E-state index is -3.35. The maximum absolute atomic E-state index is 13.3. The summed E-state index contributed by atoms with van der Waals surface area (Å²) in [5.74, 6) is -0.118. The lowest BCUT2D eigenvalue weighted by Crippen LogP contribution is -2.31. The Morgan fingerprint density at radius 2 is 1.75 bits per heavy atom. The van der Waals surface area contributed by atoms with Crippen molar-refractivity contribution < 1.29 is 13.2 Å². The second kappa shape index (κ2) is 9.18. The lowest BCUT2D eigenvalue weighted by atomic mass is 10.1. The highest BCUT2D eigenvalue weighted by atomic mass is 32.2. The lowest BCUT2D eigenvalue weighted by Gasteiger charge is -2.20. The Morgan fingerprint density at radius 1 is 1.00 bits per heavy atom. The van der Waals surface area contributed by atoms with Gasteiger partial charge in [0.2, 0.25) is 5.91 Å². The Hall–Kier alpha value is -3.10. The molecule has 0 radical (unpaired) electrons. The predicted molar refractivity (Wildman–Crippen MR) is 128 cm³/mol. The fourth-order valence-corrected chi connectivity index (χ4v) is 5.29. The van der Waals surface area contributed by atoms with Crippen LogP contribution in [0.2, 0.25) is 0 Å². The van der Waals surface area contributed by atoms with Crippen molar-refractivity contribution in [2.24, 2.45) is 0 Å². The summed E-state index contributed by atoms with van der Waals surface area (Å²) < 4.78 is 25.7. The van der Waals surface area contributed by atoms with Gasteiger partial charge in [-0.1, -0.05) is 41.7 Å². The van der Waals surface area contributed by atoms with Gasteiger partial charge >= 0.3 is 0 Å². The summed E-state index contributed by atoms with van der Waals surface area (Å²) in [6.45, 7) is 3.66. The minimum Gasteiger partial charge on any atom is -0.283 e. The highest BCUT2D eigenvalue weighted by Gasteiger charge is 2.22. The number of thiazole rings is 1. The van der Waals surface area contributed by atoms with Crippen LogP contribution in [0.25, 0.3) is 10.2 Å². The Bertz CT molecular complexity index is 1300. The molecule has 2 heterocycles. The van der Waals surface area contributed by atoms with Gasteiger partial charge in [0, 0.05) is 12.4 Å². The van der Waals surface area contributed by atoms with E-state index < -0.39 is 15.1 Å². The Balaban J connectivity index is 1.61. The van der Waals surface area contributed by atoms with E-state index >= 15 is 0 Å². The van der Waals surface area contributed by atoms with Crippen LogP contribution in [0.5, 0.6) is 0 Å². The maximum atomic E-state index is 13.3. The van der Waals surface area contributed by atoms with Crippen molar-refractivity contribution in [3.05, 3.63) is 84.2 Å². The number of hydrogen-bond acceptors (Lipinski definition) is 6. The number of carbonyl (C=O) groups excluding carboxylic acids is 1. The number of anilines is 1. The summed E-state index contributed by atoms with van der Waals surface area (Å²) in [4.78, 5) is 24.1. The Kier molecular flexibility index (Phi) is 6.34. The normalized spacial score (nSPS) is 11.7. The Labute approximate surface area is 191 Å². The largest absolute Gasteiger partial charge is 0.283 e. The molecule has 32 heavy (non-hydrogen) atoms. The zero-order valence-electron chi connectivity index (χ0n) is 17.8. The van der Waals surface area contributed by atoms with E-state index in [0.717, 1.165) is 21.3 Å². The predicted octanol–water partition coefficient (Wildman–Crippen LogP) is 4.65. The molecule has 0 saturated heterocycles. The SMILES string of the molecule is CC(C)S(=O)(=O)c1ccc(CC(=O)N(Cc2cccnc2)c2nc3ccccc3s2)cc1. The topological polar surface area (TPSA) is 80.2 Å². The van der Waals surface area contributed by atoms with Crippen molar-refractivity contribution in [2.75, 3.05) is 4.90 Å². The summed E-state index contributed by atoms with van der Waals surface area (Å²) in [5, 5.41) is 0.128. The summed E-state index contributed by atoms with van der Waals surface area (Å²) in [5.41, 5.74) is 2.49. The first-order valence-electron chi connectivity index (χ1n) is 10.2. The zero-order valence-corrected chi connectivity index (χ0v) is 19.4. The third-order valence-corrected chi connectivity index (χ3v) is 8.34. The molecule has 2 aromatic heterocycles. The molecule has 164 valence electrons. The zero-order chi connectivity index (χ0) is 22.7. The molecule has 4 aromatic rings. The molecule has 8 heteroatoms. The first kappa shape index (κ1) is 22.1. The number of para-hydroxylation sites is 1. The molecule has 0 aliphatic carbocycles. The van der Waals surface area contributed by atoms with Gasteiger partial charge in [-0.3, -0.25) is 14.7 Å². The third-order valence-electron chi connectivity index (χ3n) is 5.11. The second-order valence-corrected chi connectivity index (χ2v) is 11.2. The van der Waals surface area contributed by atoms with Crippen molar-refractivity contribution in [3.8, 4) is 0 Å². The molecule has 6 nitrogen and oxygen atoms in total. The molecule has 0 aliphatic heterocycles. The van der Waals surface area contributed by atoms with Crippen LogP contribution in [0.15, 0.2) is 78.0 Å². The number of rotatable bonds is 7. The van der Waals surface area contributed by atoms with E-state index in [1.54, 1.807) is 55.4 Å². The van der Waals surface area contributed by atoms with Crippen molar-refractivity contribution in [1.82, 2.24) is 9.97 Å². The standard InChI is InChI=1S/C24H23N3O3S2/c1-17(2)32(29,30)20-11-9-18(10-12-20)14-23(28)27(16-19-6-5-13-25-15-19)24-26-21-7-3-4-8-22(21)31-24/h3-13,15,17H,14,16H2,1-2H3. The third kappa shape index (κ3) is 4.71. The molecule has 1 amide bonds. The van der Waals surface area contributed by atoms with Crippen LogP contribution in [0, 0.1) is 0 Å². The van der Waals surface area contributed by atoms with Crippen LogP contribution in [-0.4, -0.2) is 29.5 Å². The van der Waals surface area contributed by atoms with E-state index in [0.29, 0.717) is 11.7 Å². The number of benzene rings is 2. The van der Waals surface area contributed by atoms with Gasteiger partial charge < -0.3 is 0 Å². The number of carbonyl (C=O) groups is 1. The molecule has 0 saturated carbocycles. The van der Waals surface area contributed by atoms with Crippen LogP contribution in [0.3, 0.4) is 0 Å². The van der Waals surface area contributed by atoms with E-state index in [1.165, 1.54) is 11.3 Å². The molecular weight excluding hydrogens is 442 g/mol. The highest BCUT2D eigenvalue weighted by molar-refractivity contribution is 7.92. The monoisotopic (exact) mass is 465 g/mol. The van der Waals surface area contributed by atoms with Crippen molar-refractivity contribution in [1.29, 1.82) is 0 Å². The van der Waals surface area contributed by atoms with E-state index in [2.05, 4.69) is 9.97 Å². The molecule has 0 unspecified atom stereocenters. The maximum Gasteiger partial charge on any atom is 0.233 e. The summed E-state index contributed by atoms with van der Waals surface area (Å²) in [6, 6.07) is 18.1. The van der Waals surface area contributed by atoms with E-state index in [-0.39, 0.29) is 17.2 Å². The van der Waals surface area contributed by atoms with E-state index in [1.807, 2.05) is 36.4 Å². The summed E-state index contributed by atoms with van der Waals surface area (Å²) in [6.07, 6.45) is 3.57. The minimum absolute atomic E-state index is 0.118. The van der Waals surface area contributed by atoms with Gasteiger partial charge in [0.25, 0.3) is 0 Å². The van der Waals surface area contributed by atoms with Crippen LogP contribution in [0.1, 0.15) is 25.0 Å². The van der Waals surface area contributed by atoms with Gasteiger partial charge in [-0.25, -0.2) is 13.4 Å². The second-order valence-electron chi connectivity index (χ2n) is 7.72. The smallest absolute Gasteiger partial charge is 0.233 e. The number of fused-ring (bicyclic) bond motifs is 1. The number of pyridine rings is 1. The van der Waals surface area contributed by atoms with Gasteiger partial charge in [0.1, 0.15) is 0 Å². The average Bonchev–Trinajstić information content (AvgIpc) is 3.22. The molecule has 0 spiro atoms. The molecule has 0 atom stereocenters. The number of aromatic nitrogens is 2.